The second kappa shape index (κ2) is 10.1. The molecule has 36 heavy (non-hydrogen) atoms. The van der Waals surface area contributed by atoms with Gasteiger partial charge in [-0.3, -0.25) is 0 Å². The molecule has 2 aliphatic heterocycles. The monoisotopic (exact) mass is 551 g/mol. The standard InChI is InChI=1S/C24H31Cl2N7O2S/c1-15-23-24(33(30-15)16(2)20-6-5-19(25)10-21(20)26)29-22(11-28-23)32-13-18(14-32)17-4-3-7-31(12-17)8-9-36(27,34)35/h5-6,10-11,16-18H,3-4,7-9,12-14H2,1-2H3,(H2,27,34,35)/t16?,17-/m0/s1. The second-order valence-corrected chi connectivity index (χ2v) is 12.6. The molecule has 0 amide bonds. The highest BCUT2D eigenvalue weighted by Crippen LogP contribution is 2.35. The van der Waals surface area contributed by atoms with E-state index in [1.165, 1.54) is 6.42 Å². The van der Waals surface area contributed by atoms with E-state index in [1.807, 2.05) is 36.9 Å². The minimum absolute atomic E-state index is 0.0128. The Bertz CT molecular complexity index is 1370. The zero-order valence-corrected chi connectivity index (χ0v) is 22.8. The molecule has 0 spiro atoms. The van der Waals surface area contributed by atoms with Crippen molar-refractivity contribution in [3.05, 3.63) is 45.7 Å². The molecule has 5 rings (SSSR count). The van der Waals surface area contributed by atoms with Crippen molar-refractivity contribution in [1.82, 2.24) is 24.6 Å². The van der Waals surface area contributed by atoms with E-state index >= 15 is 0 Å². The molecular formula is C24H31Cl2N7O2S. The Morgan fingerprint density at radius 3 is 2.69 bits per heavy atom. The zero-order valence-electron chi connectivity index (χ0n) is 20.4. The summed E-state index contributed by atoms with van der Waals surface area (Å²) in [6, 6.07) is 5.36. The van der Waals surface area contributed by atoms with Crippen LogP contribution in [0.2, 0.25) is 10.0 Å². The molecule has 2 N–H and O–H groups in total. The van der Waals surface area contributed by atoms with Gasteiger partial charge in [0.2, 0.25) is 10.0 Å². The van der Waals surface area contributed by atoms with Gasteiger partial charge in [-0.15, -0.1) is 0 Å². The van der Waals surface area contributed by atoms with Crippen molar-refractivity contribution in [3.63, 3.8) is 0 Å². The van der Waals surface area contributed by atoms with Crippen molar-refractivity contribution in [2.75, 3.05) is 43.4 Å². The number of nitrogens with two attached hydrogens (primary N) is 1. The Labute approximate surface area is 221 Å². The Morgan fingerprint density at radius 1 is 1.19 bits per heavy atom. The number of piperidine rings is 1. The van der Waals surface area contributed by atoms with Crippen molar-refractivity contribution >= 4 is 50.2 Å². The molecule has 0 radical (unpaired) electrons. The number of aryl methyl sites for hydroxylation is 1. The number of sulfonamides is 1. The van der Waals surface area contributed by atoms with Crippen LogP contribution >= 0.6 is 23.2 Å². The summed E-state index contributed by atoms with van der Waals surface area (Å²) in [5, 5.41) is 11.1. The average Bonchev–Trinajstić information content (AvgIpc) is 3.12. The molecule has 2 atom stereocenters. The predicted molar refractivity (Wildman–Crippen MR) is 143 cm³/mol. The number of hydrogen-bond acceptors (Lipinski definition) is 7. The maximum atomic E-state index is 11.3. The topological polar surface area (TPSA) is 110 Å². The van der Waals surface area contributed by atoms with Crippen LogP contribution in [0, 0.1) is 18.8 Å². The lowest BCUT2D eigenvalue weighted by Gasteiger charge is -2.47. The van der Waals surface area contributed by atoms with Gasteiger partial charge in [0.15, 0.2) is 5.65 Å². The summed E-state index contributed by atoms with van der Waals surface area (Å²) in [4.78, 5) is 14.2. The largest absolute Gasteiger partial charge is 0.355 e. The summed E-state index contributed by atoms with van der Waals surface area (Å²) in [7, 11) is -3.43. The van der Waals surface area contributed by atoms with Crippen molar-refractivity contribution in [2.45, 2.75) is 32.7 Å². The predicted octanol–water partition coefficient (Wildman–Crippen LogP) is 3.49. The van der Waals surface area contributed by atoms with Crippen LogP contribution in [0.1, 0.15) is 37.1 Å². The summed E-state index contributed by atoms with van der Waals surface area (Å²) in [5.74, 6) is 1.96. The van der Waals surface area contributed by atoms with Crippen LogP contribution in [0.5, 0.6) is 0 Å². The molecule has 1 unspecified atom stereocenters. The molecule has 4 heterocycles. The fraction of sp³-hybridized carbons (Fsp3) is 0.542. The van der Waals surface area contributed by atoms with Crippen LogP contribution in [0.15, 0.2) is 24.4 Å². The fourth-order valence-electron chi connectivity index (χ4n) is 5.37. The number of halogens is 2. The first kappa shape index (κ1) is 25.7. The van der Waals surface area contributed by atoms with E-state index in [0.29, 0.717) is 28.4 Å². The zero-order chi connectivity index (χ0) is 25.6. The molecule has 2 fully saturated rings. The van der Waals surface area contributed by atoms with Crippen molar-refractivity contribution in [2.24, 2.45) is 17.0 Å². The lowest BCUT2D eigenvalue weighted by molar-refractivity contribution is 0.125. The summed E-state index contributed by atoms with van der Waals surface area (Å²) in [6.07, 6.45) is 4.08. The Hall–Kier alpha value is -1.98. The minimum Gasteiger partial charge on any atom is -0.355 e. The molecule has 9 nitrogen and oxygen atoms in total. The quantitative estimate of drug-likeness (QED) is 0.478. The molecule has 2 aliphatic rings. The van der Waals surface area contributed by atoms with E-state index in [-0.39, 0.29) is 11.8 Å². The Balaban J connectivity index is 1.29. The van der Waals surface area contributed by atoms with E-state index in [2.05, 4.69) is 9.80 Å². The number of likely N-dealkylation sites (tertiary alicyclic amines) is 1. The first-order chi connectivity index (χ1) is 17.1. The van der Waals surface area contributed by atoms with Crippen molar-refractivity contribution < 1.29 is 8.42 Å². The third-order valence-corrected chi connectivity index (χ3v) is 8.79. The van der Waals surface area contributed by atoms with Gasteiger partial charge < -0.3 is 9.80 Å². The number of aromatic nitrogens is 4. The van der Waals surface area contributed by atoms with Gasteiger partial charge in [0.05, 0.1) is 23.7 Å². The number of hydrogen-bond donors (Lipinski definition) is 1. The average molecular weight is 553 g/mol. The molecule has 1 aromatic carbocycles. The Morgan fingerprint density at radius 2 is 1.97 bits per heavy atom. The van der Waals surface area contributed by atoms with Gasteiger partial charge in [-0.1, -0.05) is 29.3 Å². The van der Waals surface area contributed by atoms with Crippen LogP contribution in [0.25, 0.3) is 11.2 Å². The summed E-state index contributed by atoms with van der Waals surface area (Å²) in [6.45, 7) is 8.17. The normalized spacial score (nSPS) is 20.6. The minimum atomic E-state index is -3.43. The first-order valence-corrected chi connectivity index (χ1v) is 14.7. The number of anilines is 1. The Kier molecular flexibility index (Phi) is 7.17. The lowest BCUT2D eigenvalue weighted by atomic mass is 9.80. The number of fused-ring (bicyclic) bond motifs is 1. The molecule has 2 aromatic heterocycles. The second-order valence-electron chi connectivity index (χ2n) is 10.0. The maximum Gasteiger partial charge on any atom is 0.210 e. The highest BCUT2D eigenvalue weighted by Gasteiger charge is 2.37. The third-order valence-electron chi connectivity index (χ3n) is 7.47. The van der Waals surface area contributed by atoms with E-state index in [4.69, 9.17) is 43.4 Å². The smallest absolute Gasteiger partial charge is 0.210 e. The molecule has 0 aliphatic carbocycles. The number of benzene rings is 1. The molecule has 0 saturated carbocycles. The number of rotatable bonds is 7. The third kappa shape index (κ3) is 5.33. The molecule has 12 heteroatoms. The number of primary sulfonamides is 1. The summed E-state index contributed by atoms with van der Waals surface area (Å²) >= 11 is 12.6. The van der Waals surface area contributed by atoms with E-state index in [1.54, 1.807) is 6.07 Å². The van der Waals surface area contributed by atoms with Gasteiger partial charge >= 0.3 is 0 Å². The highest BCUT2D eigenvalue weighted by molar-refractivity contribution is 7.89. The molecule has 0 bridgehead atoms. The summed E-state index contributed by atoms with van der Waals surface area (Å²) < 4.78 is 24.6. The van der Waals surface area contributed by atoms with E-state index in [9.17, 15) is 8.42 Å². The van der Waals surface area contributed by atoms with Gasteiger partial charge in [-0.25, -0.2) is 28.2 Å². The van der Waals surface area contributed by atoms with Crippen LogP contribution in [-0.4, -0.2) is 71.5 Å². The van der Waals surface area contributed by atoms with Crippen molar-refractivity contribution in [1.29, 1.82) is 0 Å². The van der Waals surface area contributed by atoms with Crippen LogP contribution in [0.3, 0.4) is 0 Å². The lowest BCUT2D eigenvalue weighted by Crippen LogP contribution is -2.54. The van der Waals surface area contributed by atoms with Gasteiger partial charge in [0.25, 0.3) is 0 Å². The molecule has 194 valence electrons. The maximum absolute atomic E-state index is 11.3. The van der Waals surface area contributed by atoms with Gasteiger partial charge in [0.1, 0.15) is 11.3 Å². The molecule has 3 aromatic rings. The number of nitrogens with zero attached hydrogens (tertiary/aromatic N) is 6. The van der Waals surface area contributed by atoms with Crippen molar-refractivity contribution in [3.8, 4) is 0 Å². The van der Waals surface area contributed by atoms with Crippen LogP contribution < -0.4 is 10.0 Å². The molecular weight excluding hydrogens is 521 g/mol. The van der Waals surface area contributed by atoms with Gasteiger partial charge in [-0.2, -0.15) is 5.10 Å². The SMILES string of the molecule is Cc1nn(C(C)c2ccc(Cl)cc2Cl)c2nc(N3CC([C@H]4CCCN(CCS(N)(=O)=O)C4)C3)cnc12. The van der Waals surface area contributed by atoms with E-state index < -0.39 is 10.0 Å². The van der Waals surface area contributed by atoms with E-state index in [0.717, 1.165) is 60.8 Å². The fourth-order valence-corrected chi connectivity index (χ4v) is 6.45. The van der Waals surface area contributed by atoms with Crippen LogP contribution in [-0.2, 0) is 10.0 Å². The van der Waals surface area contributed by atoms with Crippen LogP contribution in [0.4, 0.5) is 5.82 Å². The van der Waals surface area contributed by atoms with Gasteiger partial charge in [0, 0.05) is 36.2 Å². The summed E-state index contributed by atoms with van der Waals surface area (Å²) in [5.41, 5.74) is 3.26. The highest BCUT2D eigenvalue weighted by atomic mass is 35.5. The first-order valence-electron chi connectivity index (χ1n) is 12.2. The molecule has 2 saturated heterocycles. The van der Waals surface area contributed by atoms with Gasteiger partial charge in [-0.05, 0) is 62.8 Å².